The second kappa shape index (κ2) is 12.4. The van der Waals surface area contributed by atoms with Crippen LogP contribution in [0.4, 0.5) is 4.39 Å². The molecule has 0 unspecified atom stereocenters. The van der Waals surface area contributed by atoms with Crippen LogP contribution in [0.5, 0.6) is 0 Å². The van der Waals surface area contributed by atoms with E-state index in [4.69, 9.17) is 8.53 Å². The SMILES string of the molecule is C[Si](C)(C)c1ccc(-c2[c-]cccc2)nc1.[2H]C([2H])([2H])c1ccc2c(n1)oc1c(-c3cc(C(C)(C)C)c(F)cn3)[c-]ccc12.[Ir]. The van der Waals surface area contributed by atoms with E-state index in [0.717, 1.165) is 16.6 Å². The molecular formula is C35H34FIrN3OSi-2. The van der Waals surface area contributed by atoms with Crippen molar-refractivity contribution < 1.29 is 33.0 Å². The largest absolute Gasteiger partial charge is 0.486 e. The van der Waals surface area contributed by atoms with Gasteiger partial charge in [-0.15, -0.1) is 54.1 Å². The Kier molecular flexibility index (Phi) is 8.06. The summed E-state index contributed by atoms with van der Waals surface area (Å²) in [4.78, 5) is 12.9. The fourth-order valence-corrected chi connectivity index (χ4v) is 5.55. The number of halogens is 1. The van der Waals surface area contributed by atoms with Crippen LogP contribution < -0.4 is 5.19 Å². The van der Waals surface area contributed by atoms with E-state index in [9.17, 15) is 4.39 Å². The van der Waals surface area contributed by atoms with Gasteiger partial charge in [0.2, 0.25) is 5.71 Å². The molecule has 0 saturated heterocycles. The Morgan fingerprint density at radius 3 is 2.31 bits per heavy atom. The minimum absolute atomic E-state index is 0. The molecule has 0 atom stereocenters. The number of pyridine rings is 3. The van der Waals surface area contributed by atoms with Crippen molar-refractivity contribution in [2.45, 2.75) is 52.7 Å². The van der Waals surface area contributed by atoms with Crippen molar-refractivity contribution in [1.29, 1.82) is 0 Å². The molecule has 0 bridgehead atoms. The van der Waals surface area contributed by atoms with E-state index in [-0.39, 0.29) is 42.7 Å². The number of nitrogens with zero attached hydrogens (tertiary/aromatic N) is 3. The summed E-state index contributed by atoms with van der Waals surface area (Å²) in [6.07, 6.45) is 3.22. The Bertz CT molecular complexity index is 1930. The van der Waals surface area contributed by atoms with Gasteiger partial charge in [0, 0.05) is 41.5 Å². The first-order chi connectivity index (χ1) is 20.6. The number of hydrogen-bond acceptors (Lipinski definition) is 4. The molecule has 4 heterocycles. The van der Waals surface area contributed by atoms with E-state index < -0.39 is 14.9 Å². The maximum atomic E-state index is 14.3. The van der Waals surface area contributed by atoms with Crippen LogP contribution in [0.1, 0.15) is 36.1 Å². The molecule has 0 aliphatic heterocycles. The van der Waals surface area contributed by atoms with Crippen LogP contribution in [0.15, 0.2) is 83.5 Å². The predicted molar refractivity (Wildman–Crippen MR) is 168 cm³/mol. The molecule has 0 aliphatic carbocycles. The van der Waals surface area contributed by atoms with Crippen molar-refractivity contribution >= 4 is 35.3 Å². The Morgan fingerprint density at radius 2 is 1.67 bits per heavy atom. The van der Waals surface area contributed by atoms with Crippen molar-refractivity contribution in [1.82, 2.24) is 15.0 Å². The quantitative estimate of drug-likeness (QED) is 0.134. The number of aryl methyl sites for hydroxylation is 1. The number of furan rings is 1. The summed E-state index contributed by atoms with van der Waals surface area (Å²) in [5.74, 6) is -0.364. The van der Waals surface area contributed by atoms with Crippen molar-refractivity contribution in [3.05, 3.63) is 108 Å². The van der Waals surface area contributed by atoms with Crippen LogP contribution in [0.3, 0.4) is 0 Å². The summed E-state index contributed by atoms with van der Waals surface area (Å²) >= 11 is 0. The summed E-state index contributed by atoms with van der Waals surface area (Å²) in [6, 6.07) is 27.0. The molecule has 0 fully saturated rings. The van der Waals surface area contributed by atoms with Gasteiger partial charge in [-0.2, -0.15) is 0 Å². The molecule has 6 aromatic rings. The molecule has 217 valence electrons. The molecule has 0 spiro atoms. The second-order valence-electron chi connectivity index (χ2n) is 12.0. The summed E-state index contributed by atoms with van der Waals surface area (Å²) in [6.45, 7) is 10.5. The van der Waals surface area contributed by atoms with Crippen LogP contribution >= 0.6 is 0 Å². The molecular weight excluding hydrogens is 718 g/mol. The minimum atomic E-state index is -2.32. The predicted octanol–water partition coefficient (Wildman–Crippen LogP) is 8.68. The third-order valence-electron chi connectivity index (χ3n) is 6.83. The Morgan fingerprint density at radius 1 is 0.881 bits per heavy atom. The summed E-state index contributed by atoms with van der Waals surface area (Å²) in [5, 5.41) is 2.88. The van der Waals surface area contributed by atoms with Gasteiger partial charge in [0.1, 0.15) is 5.82 Å². The first-order valence-corrected chi connectivity index (χ1v) is 17.0. The van der Waals surface area contributed by atoms with Gasteiger partial charge in [0.05, 0.1) is 19.9 Å². The van der Waals surface area contributed by atoms with E-state index in [1.54, 1.807) is 18.2 Å². The van der Waals surface area contributed by atoms with Crippen molar-refractivity contribution in [3.8, 4) is 22.5 Å². The van der Waals surface area contributed by atoms with Gasteiger partial charge >= 0.3 is 0 Å². The zero-order chi connectivity index (χ0) is 31.9. The summed E-state index contributed by atoms with van der Waals surface area (Å²) in [5.41, 5.74) is 4.03. The number of benzene rings is 2. The molecule has 6 rings (SSSR count). The fourth-order valence-electron chi connectivity index (χ4n) is 4.51. The van der Waals surface area contributed by atoms with Crippen LogP contribution in [0.2, 0.25) is 19.6 Å². The zero-order valence-electron chi connectivity index (χ0n) is 27.5. The Labute approximate surface area is 266 Å². The van der Waals surface area contributed by atoms with Crippen LogP contribution in [-0.4, -0.2) is 23.0 Å². The van der Waals surface area contributed by atoms with Gasteiger partial charge in [0.15, 0.2) is 0 Å². The molecule has 4 aromatic heterocycles. The van der Waals surface area contributed by atoms with Gasteiger partial charge < -0.3 is 14.4 Å². The molecule has 7 heteroatoms. The van der Waals surface area contributed by atoms with E-state index in [2.05, 4.69) is 58.9 Å². The second-order valence-corrected chi connectivity index (χ2v) is 17.1. The molecule has 1 radical (unpaired) electrons. The Balaban J connectivity index is 0.000000231. The van der Waals surface area contributed by atoms with Gasteiger partial charge in [-0.3, -0.25) is 0 Å². The fraction of sp³-hybridized carbons (Fsp3) is 0.229. The molecule has 0 saturated carbocycles. The first kappa shape index (κ1) is 27.3. The maximum absolute atomic E-state index is 14.3. The topological polar surface area (TPSA) is 51.8 Å². The third-order valence-corrected chi connectivity index (χ3v) is 8.86. The normalized spacial score (nSPS) is 13.0. The van der Waals surface area contributed by atoms with Crippen LogP contribution in [0, 0.1) is 24.8 Å². The zero-order valence-corrected chi connectivity index (χ0v) is 27.9. The van der Waals surface area contributed by atoms with Gasteiger partial charge in [0.25, 0.3) is 0 Å². The average molecular weight is 755 g/mol. The van der Waals surface area contributed by atoms with Crippen LogP contribution in [0.25, 0.3) is 44.6 Å². The van der Waals surface area contributed by atoms with Gasteiger partial charge in [-0.25, -0.2) is 9.37 Å². The van der Waals surface area contributed by atoms with Crippen molar-refractivity contribution in [3.63, 3.8) is 0 Å². The summed E-state index contributed by atoms with van der Waals surface area (Å²) in [7, 11) is -1.23. The van der Waals surface area contributed by atoms with E-state index >= 15 is 0 Å². The van der Waals surface area contributed by atoms with Crippen molar-refractivity contribution in [2.24, 2.45) is 0 Å². The van der Waals surface area contributed by atoms with Crippen LogP contribution in [-0.2, 0) is 25.5 Å². The Hall–Kier alpha value is -3.51. The number of rotatable bonds is 3. The molecule has 0 amide bonds. The maximum Gasteiger partial charge on any atom is 0.216 e. The van der Waals surface area contributed by atoms with Gasteiger partial charge in [-0.05, 0) is 46.5 Å². The average Bonchev–Trinajstić information content (AvgIpc) is 3.35. The van der Waals surface area contributed by atoms with E-state index in [1.165, 1.54) is 17.4 Å². The molecule has 42 heavy (non-hydrogen) atoms. The first-order valence-electron chi connectivity index (χ1n) is 15.0. The standard InChI is InChI=1S/C21H18FN2O.C14H16NSi.Ir/c1-12-8-9-14-13-6-5-7-15(19(13)25-20(14)24-12)18-10-16(21(2,3)4)17(22)11-23-18;1-16(2,3)13-9-10-14(15-11-13)12-7-5-4-6-8-12;/h5-6,8-11H,1-4H3;4-7,9-11H,1-3H3;/q2*-1;/i1D3;;. The number of aromatic nitrogens is 3. The smallest absolute Gasteiger partial charge is 0.216 e. The van der Waals surface area contributed by atoms with Gasteiger partial charge in [-0.1, -0.05) is 69.6 Å². The molecule has 4 nitrogen and oxygen atoms in total. The molecule has 0 aliphatic rings. The number of hydrogen-bond donors (Lipinski definition) is 0. The molecule has 2 aromatic carbocycles. The summed E-state index contributed by atoms with van der Waals surface area (Å²) < 4.78 is 42.8. The van der Waals surface area contributed by atoms with Crippen molar-refractivity contribution in [2.75, 3.05) is 0 Å². The van der Waals surface area contributed by atoms with E-state index in [0.29, 0.717) is 27.8 Å². The minimum Gasteiger partial charge on any atom is -0.486 e. The molecule has 0 N–H and O–H groups in total. The third kappa shape index (κ3) is 6.75. The monoisotopic (exact) mass is 755 g/mol. The van der Waals surface area contributed by atoms with E-state index in [1.807, 2.05) is 57.3 Å². The number of fused-ring (bicyclic) bond motifs is 3.